The number of hydrogen-bond acceptors (Lipinski definition) is 6. The minimum absolute atomic E-state index is 0.331. The summed E-state index contributed by atoms with van der Waals surface area (Å²) >= 11 is 5.91. The van der Waals surface area contributed by atoms with E-state index in [1.807, 2.05) is 48.5 Å². The minimum Gasteiger partial charge on any atom is -0.489 e. The fourth-order valence-corrected chi connectivity index (χ4v) is 3.56. The van der Waals surface area contributed by atoms with Crippen molar-refractivity contribution in [3.63, 3.8) is 0 Å². The van der Waals surface area contributed by atoms with Crippen LogP contribution in [0.5, 0.6) is 5.75 Å². The molecule has 1 fully saturated rings. The van der Waals surface area contributed by atoms with E-state index in [0.29, 0.717) is 29.1 Å². The van der Waals surface area contributed by atoms with Crippen LogP contribution < -0.4 is 9.64 Å². The first kappa shape index (κ1) is 20.3. The van der Waals surface area contributed by atoms with Crippen LogP contribution in [-0.2, 0) is 6.61 Å². The van der Waals surface area contributed by atoms with Crippen molar-refractivity contribution in [2.45, 2.75) is 13.5 Å². The van der Waals surface area contributed by atoms with Gasteiger partial charge in [0.2, 0.25) is 17.5 Å². The zero-order chi connectivity index (χ0) is 20.9. The zero-order valence-electron chi connectivity index (χ0n) is 16.8. The van der Waals surface area contributed by atoms with Crippen molar-refractivity contribution in [2.75, 3.05) is 37.6 Å². The maximum atomic E-state index is 9.51. The maximum absolute atomic E-state index is 9.51. The first-order chi connectivity index (χ1) is 14.7. The second kappa shape index (κ2) is 9.21. The molecule has 0 radical (unpaired) electrons. The number of nitrogens with zero attached hydrogens (tertiary/aromatic N) is 4. The Morgan fingerprint density at radius 2 is 1.77 bits per heavy atom. The summed E-state index contributed by atoms with van der Waals surface area (Å²) in [4.78, 5) is 8.89. The van der Waals surface area contributed by atoms with Crippen molar-refractivity contribution in [3.8, 4) is 23.3 Å². The molecule has 0 N–H and O–H groups in total. The van der Waals surface area contributed by atoms with Crippen molar-refractivity contribution < 1.29 is 9.15 Å². The second-order valence-electron chi connectivity index (χ2n) is 7.15. The lowest BCUT2D eigenvalue weighted by Gasteiger charge is -2.33. The van der Waals surface area contributed by atoms with Crippen LogP contribution in [0.4, 0.5) is 5.88 Å². The van der Waals surface area contributed by atoms with Crippen molar-refractivity contribution in [3.05, 3.63) is 64.8 Å². The van der Waals surface area contributed by atoms with Gasteiger partial charge in [0.25, 0.3) is 0 Å². The molecule has 2 heterocycles. The summed E-state index contributed by atoms with van der Waals surface area (Å²) in [6, 6.07) is 17.3. The molecule has 30 heavy (non-hydrogen) atoms. The first-order valence-electron chi connectivity index (χ1n) is 10.0. The second-order valence-corrected chi connectivity index (χ2v) is 7.58. The number of nitriles is 1. The highest BCUT2D eigenvalue weighted by atomic mass is 35.5. The summed E-state index contributed by atoms with van der Waals surface area (Å²) in [5, 5.41) is 10.2. The van der Waals surface area contributed by atoms with Gasteiger partial charge in [0, 0.05) is 36.8 Å². The van der Waals surface area contributed by atoms with E-state index >= 15 is 0 Å². The highest BCUT2D eigenvalue weighted by Gasteiger charge is 2.24. The van der Waals surface area contributed by atoms with E-state index in [9.17, 15) is 5.26 Å². The smallest absolute Gasteiger partial charge is 0.235 e. The molecule has 3 aromatic rings. The highest BCUT2D eigenvalue weighted by Crippen LogP contribution is 2.30. The average Bonchev–Trinajstić information content (AvgIpc) is 3.23. The molecule has 1 aliphatic rings. The Labute approximate surface area is 181 Å². The van der Waals surface area contributed by atoms with E-state index in [2.05, 4.69) is 27.8 Å². The van der Waals surface area contributed by atoms with Gasteiger partial charge in [0.05, 0.1) is 0 Å². The molecule has 0 saturated carbocycles. The van der Waals surface area contributed by atoms with E-state index < -0.39 is 0 Å². The van der Waals surface area contributed by atoms with Crippen LogP contribution in [-0.4, -0.2) is 42.6 Å². The van der Waals surface area contributed by atoms with Crippen LogP contribution in [0, 0.1) is 11.3 Å². The van der Waals surface area contributed by atoms with Crippen LogP contribution in [0.3, 0.4) is 0 Å². The largest absolute Gasteiger partial charge is 0.489 e. The Kier molecular flexibility index (Phi) is 6.22. The first-order valence-corrected chi connectivity index (χ1v) is 10.4. The number of anilines is 1. The molecule has 0 spiro atoms. The maximum Gasteiger partial charge on any atom is 0.235 e. The van der Waals surface area contributed by atoms with Gasteiger partial charge in [-0.15, -0.1) is 0 Å². The molecule has 0 aliphatic carbocycles. The lowest BCUT2D eigenvalue weighted by molar-refractivity contribution is 0.266. The molecule has 0 unspecified atom stereocenters. The highest BCUT2D eigenvalue weighted by molar-refractivity contribution is 6.30. The summed E-state index contributed by atoms with van der Waals surface area (Å²) < 4.78 is 11.8. The Balaban J connectivity index is 1.44. The van der Waals surface area contributed by atoms with Crippen LogP contribution in [0.15, 0.2) is 52.9 Å². The standard InChI is InChI=1S/C23H23ClN4O2/c1-2-27-11-13-28(14-12-27)23-21(15-25)26-22(30-23)18-5-9-20(10-6-18)29-16-17-3-7-19(24)8-4-17/h3-10H,2,11-14,16H2,1H3. The van der Waals surface area contributed by atoms with E-state index in [-0.39, 0.29) is 0 Å². The monoisotopic (exact) mass is 422 g/mol. The van der Waals surface area contributed by atoms with E-state index in [1.165, 1.54) is 0 Å². The topological polar surface area (TPSA) is 65.5 Å². The number of aromatic nitrogens is 1. The van der Waals surface area contributed by atoms with Crippen molar-refractivity contribution in [1.29, 1.82) is 5.26 Å². The summed E-state index contributed by atoms with van der Waals surface area (Å²) in [6.07, 6.45) is 0. The Hall–Kier alpha value is -3.01. The number of likely N-dealkylation sites (N-methyl/N-ethyl adjacent to an activating group) is 1. The zero-order valence-corrected chi connectivity index (χ0v) is 17.6. The molecule has 4 rings (SSSR count). The molecule has 1 aliphatic heterocycles. The quantitative estimate of drug-likeness (QED) is 0.579. The molecule has 2 aromatic carbocycles. The summed E-state index contributed by atoms with van der Waals surface area (Å²) in [6.45, 7) is 7.22. The number of ether oxygens (including phenoxy) is 1. The molecule has 0 bridgehead atoms. The molecule has 7 heteroatoms. The van der Waals surface area contributed by atoms with Gasteiger partial charge in [-0.3, -0.25) is 0 Å². The van der Waals surface area contributed by atoms with Crippen molar-refractivity contribution >= 4 is 17.5 Å². The molecular weight excluding hydrogens is 400 g/mol. The lowest BCUT2D eigenvalue weighted by Crippen LogP contribution is -2.46. The number of oxazole rings is 1. The Morgan fingerprint density at radius 1 is 1.07 bits per heavy atom. The van der Waals surface area contributed by atoms with Gasteiger partial charge in [-0.2, -0.15) is 10.2 Å². The van der Waals surface area contributed by atoms with Crippen LogP contribution in [0.1, 0.15) is 18.2 Å². The van der Waals surface area contributed by atoms with Gasteiger partial charge in [-0.05, 0) is 48.5 Å². The summed E-state index contributed by atoms with van der Waals surface area (Å²) in [7, 11) is 0. The predicted molar refractivity (Wildman–Crippen MR) is 117 cm³/mol. The molecule has 6 nitrogen and oxygen atoms in total. The Bertz CT molecular complexity index is 1020. The van der Waals surface area contributed by atoms with Gasteiger partial charge >= 0.3 is 0 Å². The number of hydrogen-bond donors (Lipinski definition) is 0. The van der Waals surface area contributed by atoms with Crippen molar-refractivity contribution in [1.82, 2.24) is 9.88 Å². The molecule has 154 valence electrons. The predicted octanol–water partition coefficient (Wildman–Crippen LogP) is 4.59. The van der Waals surface area contributed by atoms with Gasteiger partial charge in [-0.1, -0.05) is 30.7 Å². The molecular formula is C23H23ClN4O2. The number of rotatable bonds is 6. The third-order valence-corrected chi connectivity index (χ3v) is 5.49. The third kappa shape index (κ3) is 4.59. The fraction of sp³-hybridized carbons (Fsp3) is 0.304. The van der Waals surface area contributed by atoms with Crippen LogP contribution >= 0.6 is 11.6 Å². The number of piperazine rings is 1. The fourth-order valence-electron chi connectivity index (χ4n) is 3.43. The van der Waals surface area contributed by atoms with Crippen LogP contribution in [0.25, 0.3) is 11.5 Å². The number of halogens is 1. The van der Waals surface area contributed by atoms with E-state index in [4.69, 9.17) is 20.8 Å². The van der Waals surface area contributed by atoms with Crippen molar-refractivity contribution in [2.24, 2.45) is 0 Å². The minimum atomic E-state index is 0.331. The van der Waals surface area contributed by atoms with Gasteiger partial charge in [0.15, 0.2) is 0 Å². The van der Waals surface area contributed by atoms with E-state index in [0.717, 1.165) is 49.6 Å². The lowest BCUT2D eigenvalue weighted by atomic mass is 10.2. The average molecular weight is 423 g/mol. The van der Waals surface area contributed by atoms with E-state index in [1.54, 1.807) is 0 Å². The molecule has 0 amide bonds. The number of benzene rings is 2. The van der Waals surface area contributed by atoms with Gasteiger partial charge in [0.1, 0.15) is 18.4 Å². The molecule has 1 saturated heterocycles. The summed E-state index contributed by atoms with van der Waals surface area (Å²) in [5.41, 5.74) is 2.18. The SMILES string of the molecule is CCN1CCN(c2oc(-c3ccc(OCc4ccc(Cl)cc4)cc3)nc2C#N)CC1. The van der Waals surface area contributed by atoms with Crippen LogP contribution in [0.2, 0.25) is 5.02 Å². The molecule has 0 atom stereocenters. The van der Waals surface area contributed by atoms with Gasteiger partial charge in [-0.25, -0.2) is 0 Å². The third-order valence-electron chi connectivity index (χ3n) is 5.24. The summed E-state index contributed by atoms with van der Waals surface area (Å²) in [5.74, 6) is 1.76. The Morgan fingerprint density at radius 3 is 2.40 bits per heavy atom. The normalized spacial score (nSPS) is 14.5. The molecule has 1 aromatic heterocycles. The van der Waals surface area contributed by atoms with Gasteiger partial charge < -0.3 is 19.0 Å².